The lowest BCUT2D eigenvalue weighted by Crippen LogP contribution is -2.10. The minimum absolute atomic E-state index is 0.272. The van der Waals surface area contributed by atoms with E-state index in [-0.39, 0.29) is 11.9 Å². The van der Waals surface area contributed by atoms with Crippen LogP contribution < -0.4 is 0 Å². The number of carbonyl (C=O) groups excluding carboxylic acids is 1. The molecule has 1 saturated carbocycles. The molecule has 2 aromatic heterocycles. The smallest absolute Gasteiger partial charge is 0.340 e. The number of carbonyl (C=O) groups is 1. The molecule has 0 radical (unpaired) electrons. The van der Waals surface area contributed by atoms with Gasteiger partial charge in [-0.2, -0.15) is 0 Å². The first kappa shape index (κ1) is 25.4. The maximum absolute atomic E-state index is 14.4. The molecular formula is C27H36FN2O2P. The Morgan fingerprint density at radius 2 is 1.82 bits per heavy atom. The molecule has 1 aromatic carbocycles. The molecule has 4 rings (SSSR count). The number of aromatic nitrogens is 2. The monoisotopic (exact) mass is 470 g/mol. The summed E-state index contributed by atoms with van der Waals surface area (Å²) in [6.45, 7) is 12.7. The fourth-order valence-electron chi connectivity index (χ4n) is 4.14. The first-order valence-corrected chi connectivity index (χ1v) is 13.1. The highest BCUT2D eigenvalue weighted by atomic mass is 31.1. The third kappa shape index (κ3) is 5.63. The normalized spacial score (nSPS) is 14.7. The topological polar surface area (TPSA) is 44.1 Å². The third-order valence-corrected chi connectivity index (χ3v) is 7.77. The van der Waals surface area contributed by atoms with Crippen LogP contribution in [-0.2, 0) is 4.74 Å². The van der Waals surface area contributed by atoms with Gasteiger partial charge in [0, 0.05) is 17.6 Å². The number of fused-ring (bicyclic) bond motifs is 1. The minimum atomic E-state index is -0.461. The van der Waals surface area contributed by atoms with Crippen LogP contribution in [0.1, 0.15) is 74.0 Å². The van der Waals surface area contributed by atoms with Crippen molar-refractivity contribution < 1.29 is 13.9 Å². The van der Waals surface area contributed by atoms with Gasteiger partial charge in [-0.15, -0.1) is 8.58 Å². The number of esters is 1. The molecule has 2 heterocycles. The lowest BCUT2D eigenvalue weighted by atomic mass is 10.1. The highest BCUT2D eigenvalue weighted by molar-refractivity contribution is 7.38. The molecule has 6 heteroatoms. The van der Waals surface area contributed by atoms with Crippen LogP contribution in [0.4, 0.5) is 4.39 Å². The first-order chi connectivity index (χ1) is 15.6. The van der Waals surface area contributed by atoms with Crippen LogP contribution in [0.15, 0.2) is 30.5 Å². The summed E-state index contributed by atoms with van der Waals surface area (Å²) < 4.78 is 21.7. The summed E-state index contributed by atoms with van der Waals surface area (Å²) in [6.07, 6.45) is 6.18. The quantitative estimate of drug-likeness (QED) is 0.295. The van der Waals surface area contributed by atoms with Crippen molar-refractivity contribution in [3.8, 4) is 11.4 Å². The molecule has 0 N–H and O–H groups in total. The van der Waals surface area contributed by atoms with E-state index in [1.165, 1.54) is 13.2 Å². The second-order valence-corrected chi connectivity index (χ2v) is 11.9. The van der Waals surface area contributed by atoms with Crippen molar-refractivity contribution >= 4 is 25.5 Å². The Labute approximate surface area is 198 Å². The van der Waals surface area contributed by atoms with E-state index >= 15 is 0 Å². The summed E-state index contributed by atoms with van der Waals surface area (Å²) in [6, 6.07) is 7.47. The zero-order valence-corrected chi connectivity index (χ0v) is 21.9. The fraction of sp³-hybridized carbons (Fsp3) is 0.481. The summed E-state index contributed by atoms with van der Waals surface area (Å²) in [7, 11) is 2.43. The van der Waals surface area contributed by atoms with Crippen LogP contribution in [0.3, 0.4) is 0 Å². The minimum Gasteiger partial charge on any atom is -0.465 e. The summed E-state index contributed by atoms with van der Waals surface area (Å²) in [5, 5.41) is 1.16. The molecule has 33 heavy (non-hydrogen) atoms. The van der Waals surface area contributed by atoms with Crippen LogP contribution in [0.25, 0.3) is 22.3 Å². The number of pyridine rings is 1. The zero-order chi connectivity index (χ0) is 24.3. The molecule has 1 aliphatic carbocycles. The van der Waals surface area contributed by atoms with Crippen molar-refractivity contribution in [2.45, 2.75) is 71.5 Å². The number of hydrogen-bond donors (Lipinski definition) is 0. The molecule has 0 spiro atoms. The van der Waals surface area contributed by atoms with Crippen molar-refractivity contribution in [2.24, 2.45) is 0 Å². The molecule has 1 unspecified atom stereocenters. The summed E-state index contributed by atoms with van der Waals surface area (Å²) in [5.74, 6) is -0.781. The Morgan fingerprint density at radius 3 is 2.33 bits per heavy atom. The van der Waals surface area contributed by atoms with Crippen molar-refractivity contribution in [3.63, 3.8) is 0 Å². The third-order valence-electron chi connectivity index (χ3n) is 6.27. The number of hydrogen-bond acceptors (Lipinski definition) is 3. The predicted octanol–water partition coefficient (Wildman–Crippen LogP) is 7.45. The molecule has 0 saturated heterocycles. The maximum atomic E-state index is 14.4. The number of methoxy groups -OCH3 is 1. The number of aryl methyl sites for hydroxylation is 2. The van der Waals surface area contributed by atoms with Gasteiger partial charge in [-0.3, -0.25) is 4.98 Å². The van der Waals surface area contributed by atoms with Crippen LogP contribution in [0.2, 0.25) is 0 Å². The largest absolute Gasteiger partial charge is 0.465 e. The van der Waals surface area contributed by atoms with E-state index in [2.05, 4.69) is 37.0 Å². The Bertz CT molecular complexity index is 1120. The second kappa shape index (κ2) is 10.3. The highest BCUT2D eigenvalue weighted by Crippen LogP contribution is 2.42. The molecule has 1 aliphatic rings. The predicted molar refractivity (Wildman–Crippen MR) is 137 cm³/mol. The highest BCUT2D eigenvalue weighted by Gasteiger charge is 2.30. The van der Waals surface area contributed by atoms with Crippen LogP contribution >= 0.6 is 8.58 Å². The van der Waals surface area contributed by atoms with Gasteiger partial charge >= 0.3 is 5.97 Å². The van der Waals surface area contributed by atoms with Gasteiger partial charge in [-0.05, 0) is 67.8 Å². The molecule has 1 fully saturated rings. The average molecular weight is 471 g/mol. The first-order valence-electron chi connectivity index (χ1n) is 11.6. The Hall–Kier alpha value is -2.26. The summed E-state index contributed by atoms with van der Waals surface area (Å²) in [5.41, 5.74) is 4.33. The van der Waals surface area contributed by atoms with E-state index in [9.17, 15) is 9.18 Å². The lowest BCUT2D eigenvalue weighted by molar-refractivity contribution is 0.0603. The molecule has 178 valence electrons. The van der Waals surface area contributed by atoms with Gasteiger partial charge in [-0.25, -0.2) is 9.18 Å². The summed E-state index contributed by atoms with van der Waals surface area (Å²) >= 11 is 0. The second-order valence-electron chi connectivity index (χ2n) is 9.86. The van der Waals surface area contributed by atoms with Gasteiger partial charge in [-0.1, -0.05) is 39.7 Å². The SMILES string of the molecule is COC(=O)c1c(-c2ccc(C)cn2)n(C2CCCC2)c2cc(C)c(F)cc12.CPC(C)(C)C. The van der Waals surface area contributed by atoms with Crippen LogP contribution in [-0.4, -0.2) is 34.5 Å². The molecule has 1 atom stereocenters. The van der Waals surface area contributed by atoms with Crippen molar-refractivity contribution in [3.05, 3.63) is 53.0 Å². The van der Waals surface area contributed by atoms with Crippen molar-refractivity contribution in [1.82, 2.24) is 9.55 Å². The van der Waals surface area contributed by atoms with Crippen LogP contribution in [0.5, 0.6) is 0 Å². The number of nitrogens with zero attached hydrogens (tertiary/aromatic N) is 2. The molecule has 4 nitrogen and oxygen atoms in total. The molecular weight excluding hydrogens is 434 g/mol. The van der Waals surface area contributed by atoms with E-state index in [4.69, 9.17) is 4.74 Å². The number of ether oxygens (including phenoxy) is 1. The molecule has 0 amide bonds. The van der Waals surface area contributed by atoms with Gasteiger partial charge in [0.1, 0.15) is 5.82 Å². The van der Waals surface area contributed by atoms with Crippen LogP contribution in [0, 0.1) is 19.7 Å². The van der Waals surface area contributed by atoms with Gasteiger partial charge in [0.2, 0.25) is 0 Å². The van der Waals surface area contributed by atoms with Crippen molar-refractivity contribution in [2.75, 3.05) is 13.8 Å². The van der Waals surface area contributed by atoms with E-state index < -0.39 is 5.97 Å². The average Bonchev–Trinajstić information content (AvgIpc) is 3.40. The van der Waals surface area contributed by atoms with Gasteiger partial charge < -0.3 is 9.30 Å². The van der Waals surface area contributed by atoms with E-state index in [1.54, 1.807) is 13.1 Å². The van der Waals surface area contributed by atoms with E-state index in [0.717, 1.165) is 51.0 Å². The van der Waals surface area contributed by atoms with Gasteiger partial charge in [0.05, 0.1) is 29.6 Å². The molecule has 0 bridgehead atoms. The van der Waals surface area contributed by atoms with Gasteiger partial charge in [0.25, 0.3) is 0 Å². The Balaban J connectivity index is 0.000000454. The van der Waals surface area contributed by atoms with Crippen molar-refractivity contribution in [1.29, 1.82) is 0 Å². The lowest BCUT2D eigenvalue weighted by Gasteiger charge is -2.18. The number of benzene rings is 1. The Morgan fingerprint density at radius 1 is 1.18 bits per heavy atom. The zero-order valence-electron chi connectivity index (χ0n) is 20.9. The fourth-order valence-corrected chi connectivity index (χ4v) is 4.14. The van der Waals surface area contributed by atoms with E-state index in [1.807, 2.05) is 25.1 Å². The summed E-state index contributed by atoms with van der Waals surface area (Å²) in [4.78, 5) is 17.3. The number of halogens is 1. The Kier molecular flexibility index (Phi) is 7.95. The van der Waals surface area contributed by atoms with Gasteiger partial charge in [0.15, 0.2) is 0 Å². The molecule has 0 aliphatic heterocycles. The maximum Gasteiger partial charge on any atom is 0.340 e. The molecule has 3 aromatic rings. The van der Waals surface area contributed by atoms with E-state index in [0.29, 0.717) is 27.4 Å². The standard InChI is InChI=1S/C22H23FN2O2.C5H13P/c1-13-8-9-18(24-12-13)21-20(22(26)27-3)16-11-17(23)14(2)10-19(16)25(21)15-6-4-5-7-15;1-5(2,3)6-4/h8-12,15H,4-7H2,1-3H3;6H,1-4H3. The number of rotatable bonds is 3.